The second-order valence-electron chi connectivity index (χ2n) is 7.90. The van der Waals surface area contributed by atoms with Crippen LogP contribution in [0, 0.1) is 6.92 Å². The van der Waals surface area contributed by atoms with Gasteiger partial charge in [-0.25, -0.2) is 8.42 Å². The largest absolute Gasteiger partial charge is 0.497 e. The van der Waals surface area contributed by atoms with Crippen molar-refractivity contribution < 1.29 is 17.9 Å². The zero-order chi connectivity index (χ0) is 24.9. The lowest BCUT2D eigenvalue weighted by atomic mass is 10.1. The minimum Gasteiger partial charge on any atom is -0.497 e. The number of sulfonamides is 1. The lowest BCUT2D eigenvalue weighted by molar-refractivity contribution is -0.122. The molecule has 9 heteroatoms. The number of nitrogens with one attached hydrogen (secondary N) is 1. The highest BCUT2D eigenvalue weighted by Gasteiger charge is 2.27. The topological polar surface area (TPSA) is 75.7 Å². The molecule has 0 aromatic heterocycles. The van der Waals surface area contributed by atoms with Crippen LogP contribution in [-0.4, -0.2) is 32.3 Å². The standard InChI is InChI=1S/C25H26Cl2N2O4S/c1-17-4-11-22(12-5-17)34(31,32)29(15-19-6-13-23(26)24(27)14-19)16-25(30)28-18(2)20-7-9-21(33-3)10-8-20/h4-14,18H,15-16H2,1-3H3,(H,28,30)/t18-/m1/s1. The van der Waals surface area contributed by atoms with Crippen LogP contribution in [0.25, 0.3) is 0 Å². The average molecular weight is 521 g/mol. The molecule has 0 saturated carbocycles. The number of hydrogen-bond donors (Lipinski definition) is 1. The van der Waals surface area contributed by atoms with Gasteiger partial charge in [-0.15, -0.1) is 0 Å². The monoisotopic (exact) mass is 520 g/mol. The summed E-state index contributed by atoms with van der Waals surface area (Å²) in [6.07, 6.45) is 0. The predicted molar refractivity (Wildman–Crippen MR) is 135 cm³/mol. The summed E-state index contributed by atoms with van der Waals surface area (Å²) in [7, 11) is -2.38. The second-order valence-corrected chi connectivity index (χ2v) is 10.6. The van der Waals surface area contributed by atoms with E-state index in [9.17, 15) is 13.2 Å². The zero-order valence-corrected chi connectivity index (χ0v) is 21.4. The first kappa shape index (κ1) is 26.0. The smallest absolute Gasteiger partial charge is 0.243 e. The molecule has 0 aliphatic heterocycles. The molecule has 0 saturated heterocycles. The Kier molecular flexibility index (Phi) is 8.60. The third-order valence-corrected chi connectivity index (χ3v) is 7.86. The summed E-state index contributed by atoms with van der Waals surface area (Å²) in [6, 6.07) is 18.4. The Balaban J connectivity index is 1.83. The van der Waals surface area contributed by atoms with Gasteiger partial charge in [-0.2, -0.15) is 4.31 Å². The minimum atomic E-state index is -3.96. The Morgan fingerprint density at radius 3 is 2.24 bits per heavy atom. The second kappa shape index (κ2) is 11.2. The first-order valence-corrected chi connectivity index (χ1v) is 12.7. The maximum absolute atomic E-state index is 13.4. The third-order valence-electron chi connectivity index (χ3n) is 5.31. The van der Waals surface area contributed by atoms with Crippen molar-refractivity contribution in [1.82, 2.24) is 9.62 Å². The van der Waals surface area contributed by atoms with E-state index >= 15 is 0 Å². The molecular weight excluding hydrogens is 495 g/mol. The number of rotatable bonds is 9. The summed E-state index contributed by atoms with van der Waals surface area (Å²) >= 11 is 12.1. The number of carbonyl (C=O) groups is 1. The van der Waals surface area contributed by atoms with Crippen LogP contribution in [0.3, 0.4) is 0 Å². The molecule has 0 spiro atoms. The van der Waals surface area contributed by atoms with Crippen LogP contribution in [0.15, 0.2) is 71.6 Å². The number of benzene rings is 3. The number of methoxy groups -OCH3 is 1. The molecule has 0 aliphatic carbocycles. The Morgan fingerprint density at radius 2 is 1.65 bits per heavy atom. The van der Waals surface area contributed by atoms with Gasteiger partial charge in [-0.1, -0.05) is 59.1 Å². The molecule has 34 heavy (non-hydrogen) atoms. The van der Waals surface area contributed by atoms with Gasteiger partial charge in [0.05, 0.1) is 34.6 Å². The molecule has 0 aliphatic rings. The van der Waals surface area contributed by atoms with Crippen molar-refractivity contribution in [3.63, 3.8) is 0 Å². The zero-order valence-electron chi connectivity index (χ0n) is 19.1. The fraction of sp³-hybridized carbons (Fsp3) is 0.240. The molecule has 0 fully saturated rings. The van der Waals surface area contributed by atoms with E-state index in [0.717, 1.165) is 15.4 Å². The van der Waals surface area contributed by atoms with Crippen LogP contribution in [0.1, 0.15) is 29.7 Å². The van der Waals surface area contributed by atoms with Crippen molar-refractivity contribution in [1.29, 1.82) is 0 Å². The number of aryl methyl sites for hydroxylation is 1. The summed E-state index contributed by atoms with van der Waals surface area (Å²) in [5.41, 5.74) is 2.41. The number of carbonyl (C=O) groups excluding carboxylic acids is 1. The summed E-state index contributed by atoms with van der Waals surface area (Å²) in [6.45, 7) is 3.30. The van der Waals surface area contributed by atoms with E-state index in [4.69, 9.17) is 27.9 Å². The first-order chi connectivity index (χ1) is 16.1. The van der Waals surface area contributed by atoms with Crippen molar-refractivity contribution in [2.24, 2.45) is 0 Å². The van der Waals surface area contributed by atoms with Gasteiger partial charge in [0.25, 0.3) is 0 Å². The van der Waals surface area contributed by atoms with Crippen LogP contribution in [0.5, 0.6) is 5.75 Å². The third kappa shape index (κ3) is 6.51. The van der Waals surface area contributed by atoms with Crippen LogP contribution in [0.2, 0.25) is 10.0 Å². The summed E-state index contributed by atoms with van der Waals surface area (Å²) in [4.78, 5) is 13.0. The van der Waals surface area contributed by atoms with Crippen molar-refractivity contribution in [2.75, 3.05) is 13.7 Å². The summed E-state index contributed by atoms with van der Waals surface area (Å²) in [5, 5.41) is 3.54. The highest BCUT2D eigenvalue weighted by Crippen LogP contribution is 2.25. The maximum atomic E-state index is 13.4. The first-order valence-electron chi connectivity index (χ1n) is 10.5. The highest BCUT2D eigenvalue weighted by molar-refractivity contribution is 7.89. The van der Waals surface area contributed by atoms with Gasteiger partial charge in [-0.05, 0) is 61.4 Å². The summed E-state index contributed by atoms with van der Waals surface area (Å²) < 4.78 is 33.2. The van der Waals surface area contributed by atoms with Crippen molar-refractivity contribution in [2.45, 2.75) is 31.3 Å². The van der Waals surface area contributed by atoms with Crippen LogP contribution in [0.4, 0.5) is 0 Å². The molecule has 0 heterocycles. The molecule has 6 nitrogen and oxygen atoms in total. The number of nitrogens with zero attached hydrogens (tertiary/aromatic N) is 1. The Morgan fingerprint density at radius 1 is 1.00 bits per heavy atom. The van der Waals surface area contributed by atoms with E-state index in [1.807, 2.05) is 26.0 Å². The molecule has 0 radical (unpaired) electrons. The van der Waals surface area contributed by atoms with Crippen LogP contribution >= 0.6 is 23.2 Å². The van der Waals surface area contributed by atoms with Gasteiger partial charge >= 0.3 is 0 Å². The van der Waals surface area contributed by atoms with Gasteiger partial charge < -0.3 is 10.1 Å². The molecule has 3 aromatic rings. The predicted octanol–water partition coefficient (Wildman–Crippen LogP) is 5.38. The number of ether oxygens (including phenoxy) is 1. The Labute approximate surface area is 210 Å². The van der Waals surface area contributed by atoms with Gasteiger partial charge in [0.2, 0.25) is 15.9 Å². The van der Waals surface area contributed by atoms with Gasteiger partial charge in [0, 0.05) is 6.54 Å². The van der Waals surface area contributed by atoms with Crippen molar-refractivity contribution in [3.8, 4) is 5.75 Å². The molecule has 0 unspecified atom stereocenters. The SMILES string of the molecule is COc1ccc([C@@H](C)NC(=O)CN(Cc2ccc(Cl)c(Cl)c2)S(=O)(=O)c2ccc(C)cc2)cc1. The molecule has 1 amide bonds. The van der Waals surface area contributed by atoms with Crippen molar-refractivity contribution in [3.05, 3.63) is 93.5 Å². The van der Waals surface area contributed by atoms with Gasteiger partial charge in [-0.3, -0.25) is 4.79 Å². The number of hydrogen-bond acceptors (Lipinski definition) is 4. The van der Waals surface area contributed by atoms with E-state index in [-0.39, 0.29) is 24.0 Å². The van der Waals surface area contributed by atoms with E-state index in [2.05, 4.69) is 5.32 Å². The lowest BCUT2D eigenvalue weighted by Gasteiger charge is -2.23. The minimum absolute atomic E-state index is 0.0442. The van der Waals surface area contributed by atoms with E-state index in [1.165, 1.54) is 12.1 Å². The fourth-order valence-electron chi connectivity index (χ4n) is 3.35. The molecule has 180 valence electrons. The van der Waals surface area contributed by atoms with Gasteiger partial charge in [0.1, 0.15) is 5.75 Å². The molecule has 0 bridgehead atoms. The number of halogens is 2. The number of amides is 1. The Bertz CT molecular complexity index is 1250. The van der Waals surface area contributed by atoms with Crippen LogP contribution in [-0.2, 0) is 21.4 Å². The normalized spacial score (nSPS) is 12.4. The van der Waals surface area contributed by atoms with E-state index in [1.54, 1.807) is 49.6 Å². The average Bonchev–Trinajstić information content (AvgIpc) is 2.81. The quantitative estimate of drug-likeness (QED) is 0.411. The molecular formula is C25H26Cl2N2O4S. The molecule has 3 aromatic carbocycles. The van der Waals surface area contributed by atoms with Crippen molar-refractivity contribution >= 4 is 39.1 Å². The van der Waals surface area contributed by atoms with E-state index < -0.39 is 15.9 Å². The highest BCUT2D eigenvalue weighted by atomic mass is 35.5. The van der Waals surface area contributed by atoms with Gasteiger partial charge in [0.15, 0.2) is 0 Å². The molecule has 3 rings (SSSR count). The maximum Gasteiger partial charge on any atom is 0.243 e. The Hall–Kier alpha value is -2.58. The summed E-state index contributed by atoms with van der Waals surface area (Å²) in [5.74, 6) is 0.276. The molecule has 1 N–H and O–H groups in total. The van der Waals surface area contributed by atoms with E-state index in [0.29, 0.717) is 21.4 Å². The fourth-order valence-corrected chi connectivity index (χ4v) is 5.06. The molecule has 1 atom stereocenters. The lowest BCUT2D eigenvalue weighted by Crippen LogP contribution is -2.41. The van der Waals surface area contributed by atoms with Crippen LogP contribution < -0.4 is 10.1 Å².